The third kappa shape index (κ3) is 2.10. The van der Waals surface area contributed by atoms with Crippen LogP contribution in [0.15, 0.2) is 18.2 Å². The average Bonchev–Trinajstić information content (AvgIpc) is 2.52. The monoisotopic (exact) mass is 303 g/mol. The van der Waals surface area contributed by atoms with Crippen molar-refractivity contribution < 1.29 is 13.9 Å². The second-order valence-corrected chi connectivity index (χ2v) is 5.90. The second kappa shape index (κ2) is 5.07. The van der Waals surface area contributed by atoms with Crippen molar-refractivity contribution in [3.63, 3.8) is 0 Å². The van der Waals surface area contributed by atoms with E-state index in [9.17, 15) is 4.39 Å². The predicted molar refractivity (Wildman–Crippen MR) is 81.8 cm³/mol. The van der Waals surface area contributed by atoms with E-state index in [0.29, 0.717) is 31.2 Å². The van der Waals surface area contributed by atoms with Crippen molar-refractivity contribution in [3.8, 4) is 5.88 Å². The molecule has 2 aliphatic rings. The Morgan fingerprint density at radius 2 is 2.23 bits per heavy atom. The lowest BCUT2D eigenvalue weighted by Crippen LogP contribution is -2.51. The number of pyridine rings is 1. The zero-order chi connectivity index (χ0) is 15.3. The molecular formula is C16H18FN3O2. The molecule has 3 heterocycles. The highest BCUT2D eigenvalue weighted by Gasteiger charge is 2.31. The molecule has 6 heteroatoms. The van der Waals surface area contributed by atoms with E-state index < -0.39 is 0 Å². The predicted octanol–water partition coefficient (Wildman–Crippen LogP) is 1.99. The molecule has 0 saturated carbocycles. The number of ether oxygens (including phenoxy) is 2. The molecule has 5 nitrogen and oxygen atoms in total. The Bertz CT molecular complexity index is 735. The zero-order valence-corrected chi connectivity index (χ0v) is 12.4. The van der Waals surface area contributed by atoms with Crippen LogP contribution in [0.25, 0.3) is 10.9 Å². The van der Waals surface area contributed by atoms with Crippen LogP contribution < -0.4 is 15.4 Å². The van der Waals surface area contributed by atoms with Gasteiger partial charge in [-0.25, -0.2) is 9.37 Å². The molecule has 2 aromatic rings. The molecular weight excluding hydrogens is 285 g/mol. The van der Waals surface area contributed by atoms with Crippen molar-refractivity contribution in [1.29, 1.82) is 0 Å². The SMILES string of the molecule is C[C@@H](N)c1cc(F)cc2nc3c(cc12)N1CCOC[C@H]1CO3. The summed E-state index contributed by atoms with van der Waals surface area (Å²) in [6.07, 6.45) is 0. The smallest absolute Gasteiger partial charge is 0.238 e. The van der Waals surface area contributed by atoms with E-state index in [1.165, 1.54) is 12.1 Å². The van der Waals surface area contributed by atoms with Crippen LogP contribution in [0.4, 0.5) is 10.1 Å². The molecule has 0 unspecified atom stereocenters. The normalized spacial score (nSPS) is 22.0. The lowest BCUT2D eigenvalue weighted by atomic mass is 10.0. The molecule has 1 aromatic carbocycles. The number of fused-ring (bicyclic) bond motifs is 4. The standard InChI is InChI=1S/C16H18FN3O2/c1-9(18)12-4-10(17)5-14-13(12)6-15-16(19-14)22-8-11-7-21-3-2-20(11)15/h4-6,9,11H,2-3,7-8,18H2,1H3/t9-,11+/m1/s1. The van der Waals surface area contributed by atoms with Gasteiger partial charge in [-0.3, -0.25) is 0 Å². The van der Waals surface area contributed by atoms with Crippen molar-refractivity contribution in [3.05, 3.63) is 29.6 Å². The Labute approximate surface area is 127 Å². The van der Waals surface area contributed by atoms with Gasteiger partial charge in [0, 0.05) is 24.0 Å². The maximum absolute atomic E-state index is 13.8. The molecule has 0 spiro atoms. The van der Waals surface area contributed by atoms with Crippen molar-refractivity contribution >= 4 is 16.6 Å². The average molecular weight is 303 g/mol. The van der Waals surface area contributed by atoms with Gasteiger partial charge in [-0.15, -0.1) is 0 Å². The van der Waals surface area contributed by atoms with E-state index in [2.05, 4.69) is 9.88 Å². The summed E-state index contributed by atoms with van der Waals surface area (Å²) < 4.78 is 25.1. The number of benzene rings is 1. The summed E-state index contributed by atoms with van der Waals surface area (Å²) in [7, 11) is 0. The molecule has 1 fully saturated rings. The van der Waals surface area contributed by atoms with Gasteiger partial charge in [-0.05, 0) is 24.6 Å². The molecule has 0 bridgehead atoms. The number of anilines is 1. The van der Waals surface area contributed by atoms with Crippen LogP contribution >= 0.6 is 0 Å². The molecule has 0 amide bonds. The molecule has 1 aromatic heterocycles. The first-order chi connectivity index (χ1) is 10.6. The minimum Gasteiger partial charge on any atom is -0.474 e. The molecule has 2 aliphatic heterocycles. The lowest BCUT2D eigenvalue weighted by molar-refractivity contribution is 0.0694. The summed E-state index contributed by atoms with van der Waals surface area (Å²) in [5.41, 5.74) is 8.29. The summed E-state index contributed by atoms with van der Waals surface area (Å²) in [4.78, 5) is 6.78. The van der Waals surface area contributed by atoms with Crippen molar-refractivity contribution in [2.24, 2.45) is 5.73 Å². The number of nitrogens with zero attached hydrogens (tertiary/aromatic N) is 2. The quantitative estimate of drug-likeness (QED) is 0.873. The third-order valence-electron chi connectivity index (χ3n) is 4.32. The Kier molecular flexibility index (Phi) is 3.16. The fourth-order valence-electron chi connectivity index (χ4n) is 3.21. The number of hydrogen-bond acceptors (Lipinski definition) is 5. The Hall–Kier alpha value is -1.92. The minimum atomic E-state index is -0.327. The van der Waals surface area contributed by atoms with Gasteiger partial charge in [0.05, 0.1) is 24.8 Å². The highest BCUT2D eigenvalue weighted by molar-refractivity contribution is 5.88. The van der Waals surface area contributed by atoms with Crippen molar-refractivity contribution in [1.82, 2.24) is 4.98 Å². The highest BCUT2D eigenvalue weighted by atomic mass is 19.1. The molecule has 1 saturated heterocycles. The van der Waals surface area contributed by atoms with Gasteiger partial charge in [0.25, 0.3) is 0 Å². The number of halogens is 1. The maximum Gasteiger partial charge on any atom is 0.238 e. The first kappa shape index (κ1) is 13.7. The van der Waals surface area contributed by atoms with Crippen LogP contribution in [0.1, 0.15) is 18.5 Å². The zero-order valence-electron chi connectivity index (χ0n) is 12.4. The second-order valence-electron chi connectivity index (χ2n) is 5.90. The lowest BCUT2D eigenvalue weighted by Gasteiger charge is -2.40. The Morgan fingerprint density at radius 3 is 3.05 bits per heavy atom. The Morgan fingerprint density at radius 1 is 1.36 bits per heavy atom. The minimum absolute atomic E-state index is 0.208. The highest BCUT2D eigenvalue weighted by Crippen LogP contribution is 2.37. The number of rotatable bonds is 1. The van der Waals surface area contributed by atoms with E-state index in [-0.39, 0.29) is 17.9 Å². The van der Waals surface area contributed by atoms with Gasteiger partial charge < -0.3 is 20.1 Å². The van der Waals surface area contributed by atoms with Crippen LogP contribution in [0, 0.1) is 5.82 Å². The van der Waals surface area contributed by atoms with E-state index in [1.807, 2.05) is 13.0 Å². The molecule has 22 heavy (non-hydrogen) atoms. The number of nitrogens with two attached hydrogens (primary N) is 1. The summed E-state index contributed by atoms with van der Waals surface area (Å²) >= 11 is 0. The summed E-state index contributed by atoms with van der Waals surface area (Å²) in [6, 6.07) is 4.88. The van der Waals surface area contributed by atoms with Crippen LogP contribution in [0.5, 0.6) is 5.88 Å². The maximum atomic E-state index is 13.8. The molecule has 2 atom stereocenters. The van der Waals surface area contributed by atoms with Crippen LogP contribution in [0.2, 0.25) is 0 Å². The van der Waals surface area contributed by atoms with Crippen molar-refractivity contribution in [2.75, 3.05) is 31.3 Å². The molecule has 0 radical (unpaired) electrons. The largest absolute Gasteiger partial charge is 0.474 e. The molecule has 4 rings (SSSR count). The van der Waals surface area contributed by atoms with Crippen molar-refractivity contribution in [2.45, 2.75) is 19.0 Å². The van der Waals surface area contributed by atoms with E-state index in [0.717, 1.165) is 23.2 Å². The number of aromatic nitrogens is 1. The van der Waals surface area contributed by atoms with Gasteiger partial charge >= 0.3 is 0 Å². The molecule has 2 N–H and O–H groups in total. The van der Waals surface area contributed by atoms with Gasteiger partial charge in [0.1, 0.15) is 18.1 Å². The van der Waals surface area contributed by atoms with Gasteiger partial charge in [-0.1, -0.05) is 0 Å². The summed E-state index contributed by atoms with van der Waals surface area (Å²) in [5.74, 6) is 0.235. The number of hydrogen-bond donors (Lipinski definition) is 1. The van der Waals surface area contributed by atoms with E-state index >= 15 is 0 Å². The van der Waals surface area contributed by atoms with E-state index in [4.69, 9.17) is 15.2 Å². The number of morpholine rings is 1. The summed E-state index contributed by atoms with van der Waals surface area (Å²) in [6.45, 7) is 4.55. The van der Waals surface area contributed by atoms with Gasteiger partial charge in [0.2, 0.25) is 5.88 Å². The topological polar surface area (TPSA) is 60.6 Å². The molecule has 0 aliphatic carbocycles. The fourth-order valence-corrected chi connectivity index (χ4v) is 3.21. The third-order valence-corrected chi connectivity index (χ3v) is 4.32. The first-order valence-electron chi connectivity index (χ1n) is 7.50. The van der Waals surface area contributed by atoms with Crippen LogP contribution in [-0.2, 0) is 4.74 Å². The van der Waals surface area contributed by atoms with E-state index in [1.54, 1.807) is 0 Å². The fraction of sp³-hybridized carbons (Fsp3) is 0.438. The molecule has 116 valence electrons. The van der Waals surface area contributed by atoms with Crippen LogP contribution in [-0.4, -0.2) is 37.4 Å². The van der Waals surface area contributed by atoms with Gasteiger partial charge in [-0.2, -0.15) is 0 Å². The summed E-state index contributed by atoms with van der Waals surface area (Å²) in [5, 5.41) is 0.880. The van der Waals surface area contributed by atoms with Crippen LogP contribution in [0.3, 0.4) is 0 Å². The Balaban J connectivity index is 1.92. The first-order valence-corrected chi connectivity index (χ1v) is 7.50. The van der Waals surface area contributed by atoms with Gasteiger partial charge in [0.15, 0.2) is 0 Å².